The van der Waals surface area contributed by atoms with Crippen LogP contribution < -0.4 is 5.43 Å². The van der Waals surface area contributed by atoms with E-state index in [9.17, 15) is 13.6 Å². The first-order chi connectivity index (χ1) is 15.5. The number of nitrogens with zero attached hydrogens (tertiary/aromatic N) is 5. The van der Waals surface area contributed by atoms with E-state index in [-0.39, 0.29) is 11.1 Å². The Kier molecular flexibility index (Phi) is 4.74. The molecule has 6 nitrogen and oxygen atoms in total. The molecule has 0 N–H and O–H groups in total. The van der Waals surface area contributed by atoms with Crippen LogP contribution in [0.5, 0.6) is 0 Å². The minimum atomic E-state index is -0.909. The van der Waals surface area contributed by atoms with Gasteiger partial charge in [-0.1, -0.05) is 18.2 Å². The minimum absolute atomic E-state index is 0.230. The molecule has 5 aromatic rings. The lowest BCUT2D eigenvalue weighted by atomic mass is 10.1. The molecule has 2 aromatic carbocycles. The fraction of sp³-hybridized carbons (Fsp3) is 0.0417. The molecule has 32 heavy (non-hydrogen) atoms. The van der Waals surface area contributed by atoms with Crippen LogP contribution in [0.1, 0.15) is 5.56 Å². The maximum atomic E-state index is 13.4. The molecule has 0 saturated heterocycles. The van der Waals surface area contributed by atoms with Crippen LogP contribution in [-0.2, 0) is 0 Å². The van der Waals surface area contributed by atoms with Crippen molar-refractivity contribution in [2.45, 2.75) is 6.92 Å². The molecule has 5 rings (SSSR count). The van der Waals surface area contributed by atoms with Gasteiger partial charge in [-0.15, -0.1) is 0 Å². The second kappa shape index (κ2) is 7.73. The fourth-order valence-corrected chi connectivity index (χ4v) is 3.59. The van der Waals surface area contributed by atoms with E-state index >= 15 is 0 Å². The Hall–Kier alpha value is -4.33. The summed E-state index contributed by atoms with van der Waals surface area (Å²) in [4.78, 5) is 12.7. The van der Waals surface area contributed by atoms with E-state index < -0.39 is 11.6 Å². The van der Waals surface area contributed by atoms with Crippen LogP contribution >= 0.6 is 0 Å². The van der Waals surface area contributed by atoms with Gasteiger partial charge < -0.3 is 4.57 Å². The summed E-state index contributed by atoms with van der Waals surface area (Å²) in [5, 5.41) is 8.91. The summed E-state index contributed by atoms with van der Waals surface area (Å²) >= 11 is 0. The molecular formula is C24H17F2N5O. The molecule has 0 radical (unpaired) electrons. The van der Waals surface area contributed by atoms with Crippen molar-refractivity contribution in [3.05, 3.63) is 113 Å². The molecule has 0 fully saturated rings. The zero-order chi connectivity index (χ0) is 22.2. The van der Waals surface area contributed by atoms with Crippen molar-refractivity contribution in [1.29, 1.82) is 0 Å². The summed E-state index contributed by atoms with van der Waals surface area (Å²) < 4.78 is 31.4. The maximum absolute atomic E-state index is 13.4. The molecule has 8 heteroatoms. The number of hydrogen-bond acceptors (Lipinski definition) is 3. The average molecular weight is 429 g/mol. The van der Waals surface area contributed by atoms with Crippen LogP contribution in [0.4, 0.5) is 8.78 Å². The number of para-hydroxylation sites is 1. The monoisotopic (exact) mass is 429 g/mol. The van der Waals surface area contributed by atoms with Crippen LogP contribution in [0.25, 0.3) is 28.5 Å². The van der Waals surface area contributed by atoms with Gasteiger partial charge in [0.05, 0.1) is 23.3 Å². The van der Waals surface area contributed by atoms with Crippen molar-refractivity contribution in [2.24, 2.45) is 0 Å². The molecule has 0 saturated carbocycles. The van der Waals surface area contributed by atoms with Crippen LogP contribution in [0, 0.1) is 18.6 Å². The Morgan fingerprint density at radius 3 is 2.34 bits per heavy atom. The second-order valence-corrected chi connectivity index (χ2v) is 7.27. The summed E-state index contributed by atoms with van der Waals surface area (Å²) in [5.41, 5.74) is 3.57. The smallest absolute Gasteiger partial charge is 0.209 e. The van der Waals surface area contributed by atoms with Gasteiger partial charge in [-0.05, 0) is 48.9 Å². The lowest BCUT2D eigenvalue weighted by molar-refractivity contribution is 0.516. The highest BCUT2D eigenvalue weighted by Gasteiger charge is 2.15. The average Bonchev–Trinajstić information content (AvgIpc) is 3.42. The fourth-order valence-electron chi connectivity index (χ4n) is 3.59. The van der Waals surface area contributed by atoms with Crippen LogP contribution in [0.2, 0.25) is 0 Å². The van der Waals surface area contributed by atoms with Crippen LogP contribution in [0.3, 0.4) is 0 Å². The predicted octanol–water partition coefficient (Wildman–Crippen LogP) is 4.46. The third kappa shape index (κ3) is 3.41. The van der Waals surface area contributed by atoms with E-state index in [0.717, 1.165) is 29.3 Å². The van der Waals surface area contributed by atoms with Gasteiger partial charge in [-0.2, -0.15) is 10.2 Å². The van der Waals surface area contributed by atoms with Gasteiger partial charge in [-0.3, -0.25) is 4.79 Å². The molecule has 0 unspecified atom stereocenters. The number of aryl methyl sites for hydroxylation is 1. The largest absolute Gasteiger partial charge is 0.318 e. The lowest BCUT2D eigenvalue weighted by Crippen LogP contribution is -2.15. The Morgan fingerprint density at radius 2 is 1.62 bits per heavy atom. The Balaban J connectivity index is 1.57. The Labute approximate surface area is 181 Å². The SMILES string of the molecule is Cc1cc(-n2cc(F)c(F)c2)ccc1-n1ccc(=O)c(-c2ccnn2-c2ccccc2)n1. The summed E-state index contributed by atoms with van der Waals surface area (Å²) in [6.45, 7) is 1.86. The first-order valence-corrected chi connectivity index (χ1v) is 9.85. The number of halogens is 2. The summed E-state index contributed by atoms with van der Waals surface area (Å²) in [6, 6.07) is 18.0. The van der Waals surface area contributed by atoms with Gasteiger partial charge in [0.15, 0.2) is 17.3 Å². The van der Waals surface area contributed by atoms with Gasteiger partial charge in [0.1, 0.15) is 0 Å². The topological polar surface area (TPSA) is 57.6 Å². The maximum Gasteiger partial charge on any atom is 0.209 e. The highest BCUT2D eigenvalue weighted by atomic mass is 19.2. The lowest BCUT2D eigenvalue weighted by Gasteiger charge is -2.13. The van der Waals surface area contributed by atoms with Gasteiger partial charge in [-0.25, -0.2) is 18.1 Å². The highest BCUT2D eigenvalue weighted by Crippen LogP contribution is 2.22. The Morgan fingerprint density at radius 1 is 0.875 bits per heavy atom. The molecule has 0 aliphatic heterocycles. The molecule has 0 aliphatic carbocycles. The van der Waals surface area contributed by atoms with Crippen molar-refractivity contribution in [3.8, 4) is 28.5 Å². The van der Waals surface area contributed by atoms with Gasteiger partial charge in [0.2, 0.25) is 5.43 Å². The quantitative estimate of drug-likeness (QED) is 0.424. The van der Waals surface area contributed by atoms with Crippen LogP contribution in [-0.4, -0.2) is 24.1 Å². The number of benzene rings is 2. The number of hydrogen-bond donors (Lipinski definition) is 0. The van der Waals surface area contributed by atoms with Crippen molar-refractivity contribution >= 4 is 0 Å². The zero-order valence-electron chi connectivity index (χ0n) is 17.0. The molecule has 3 aromatic heterocycles. The van der Waals surface area contributed by atoms with Crippen molar-refractivity contribution < 1.29 is 8.78 Å². The molecule has 0 spiro atoms. The molecule has 0 aliphatic rings. The normalized spacial score (nSPS) is 11.1. The summed E-state index contributed by atoms with van der Waals surface area (Å²) in [6.07, 6.45) is 5.39. The van der Waals surface area contributed by atoms with E-state index in [1.54, 1.807) is 46.0 Å². The minimum Gasteiger partial charge on any atom is -0.318 e. The molecular weight excluding hydrogens is 412 g/mol. The summed E-state index contributed by atoms with van der Waals surface area (Å²) in [5.74, 6) is -1.82. The van der Waals surface area contributed by atoms with Gasteiger partial charge in [0.25, 0.3) is 0 Å². The summed E-state index contributed by atoms with van der Waals surface area (Å²) in [7, 11) is 0. The second-order valence-electron chi connectivity index (χ2n) is 7.27. The van der Waals surface area contributed by atoms with Gasteiger partial charge >= 0.3 is 0 Å². The van der Waals surface area contributed by atoms with Crippen molar-refractivity contribution in [1.82, 2.24) is 24.1 Å². The van der Waals surface area contributed by atoms with Crippen molar-refractivity contribution in [3.63, 3.8) is 0 Å². The van der Waals surface area contributed by atoms with E-state index in [0.29, 0.717) is 11.4 Å². The van der Waals surface area contributed by atoms with Crippen LogP contribution in [0.15, 0.2) is 90.2 Å². The zero-order valence-corrected chi connectivity index (χ0v) is 17.0. The number of rotatable bonds is 4. The molecule has 3 heterocycles. The third-order valence-electron chi connectivity index (χ3n) is 5.15. The van der Waals surface area contributed by atoms with E-state index in [2.05, 4.69) is 10.2 Å². The van der Waals surface area contributed by atoms with E-state index in [4.69, 9.17) is 0 Å². The van der Waals surface area contributed by atoms with Crippen molar-refractivity contribution in [2.75, 3.05) is 0 Å². The first-order valence-electron chi connectivity index (χ1n) is 9.85. The standard InChI is InChI=1S/C24H17F2N5O/c1-16-13-18(29-14-19(25)20(26)15-29)7-8-21(16)30-12-10-23(32)24(28-30)22-9-11-27-31(22)17-5-3-2-4-6-17/h2-15H,1H3. The molecule has 158 valence electrons. The van der Waals surface area contributed by atoms with E-state index in [1.807, 2.05) is 37.3 Å². The van der Waals surface area contributed by atoms with Gasteiger partial charge in [0, 0.05) is 30.3 Å². The van der Waals surface area contributed by atoms with E-state index in [1.165, 1.54) is 10.6 Å². The Bertz CT molecular complexity index is 1460. The molecule has 0 bridgehead atoms. The highest BCUT2D eigenvalue weighted by molar-refractivity contribution is 5.57. The molecule has 0 amide bonds. The predicted molar refractivity (Wildman–Crippen MR) is 116 cm³/mol. The first kappa shape index (κ1) is 19.6. The molecule has 0 atom stereocenters. The third-order valence-corrected chi connectivity index (χ3v) is 5.15. The number of aromatic nitrogens is 5.